The van der Waals surface area contributed by atoms with E-state index in [0.29, 0.717) is 37.2 Å². The Hall–Kier alpha value is -3.30. The number of aliphatic hydroxyl groups is 1. The molecular weight excluding hydrogens is 461 g/mol. The van der Waals surface area contributed by atoms with Crippen LogP contribution in [0.25, 0.3) is 0 Å². The standard InChI is InChI=1S/C26H27F3N2O4/c27-26(28,29)20-8-6-18(7-9-20)17-35-23-4-1-3-19(13-23)15-30-25(33)24-14-21(32)16-31(24)11-10-22-5-2-12-34-22/h1-9,12-13,21,24,32H,10-11,14-17H2,(H,30,33). The second kappa shape index (κ2) is 11.0. The molecule has 1 aromatic heterocycles. The Bertz CT molecular complexity index is 1100. The van der Waals surface area contributed by atoms with Gasteiger partial charge >= 0.3 is 6.18 Å². The summed E-state index contributed by atoms with van der Waals surface area (Å²) in [4.78, 5) is 14.8. The fourth-order valence-electron chi connectivity index (χ4n) is 4.12. The van der Waals surface area contributed by atoms with Crippen LogP contribution >= 0.6 is 0 Å². The van der Waals surface area contributed by atoms with Crippen LogP contribution in [0.4, 0.5) is 13.2 Å². The predicted molar refractivity (Wildman–Crippen MR) is 122 cm³/mol. The van der Waals surface area contributed by atoms with Gasteiger partial charge in [-0.05, 0) is 53.9 Å². The smallest absolute Gasteiger partial charge is 0.416 e. The molecule has 0 aliphatic carbocycles. The molecule has 1 aliphatic rings. The molecule has 0 bridgehead atoms. The monoisotopic (exact) mass is 488 g/mol. The van der Waals surface area contributed by atoms with Crippen molar-refractivity contribution in [2.75, 3.05) is 13.1 Å². The molecule has 3 aromatic rings. The van der Waals surface area contributed by atoms with Crippen molar-refractivity contribution in [2.45, 2.75) is 44.3 Å². The lowest BCUT2D eigenvalue weighted by atomic mass is 10.1. The van der Waals surface area contributed by atoms with Crippen LogP contribution in [0.1, 0.15) is 28.9 Å². The number of alkyl halides is 3. The van der Waals surface area contributed by atoms with Gasteiger partial charge in [-0.25, -0.2) is 0 Å². The summed E-state index contributed by atoms with van der Waals surface area (Å²) in [5.74, 6) is 1.23. The SMILES string of the molecule is O=C(NCc1cccc(OCc2ccc(C(F)(F)F)cc2)c1)C1CC(O)CN1CCc1ccco1. The number of furan rings is 1. The molecule has 9 heteroatoms. The molecule has 186 valence electrons. The number of hydrogen-bond donors (Lipinski definition) is 2. The van der Waals surface area contributed by atoms with Gasteiger partial charge in [-0.3, -0.25) is 9.69 Å². The van der Waals surface area contributed by atoms with E-state index in [1.165, 1.54) is 12.1 Å². The number of rotatable bonds is 9. The summed E-state index contributed by atoms with van der Waals surface area (Å²) < 4.78 is 49.2. The summed E-state index contributed by atoms with van der Waals surface area (Å²) >= 11 is 0. The van der Waals surface area contributed by atoms with Crippen molar-refractivity contribution in [3.8, 4) is 5.75 Å². The molecule has 2 aromatic carbocycles. The van der Waals surface area contributed by atoms with Gasteiger partial charge in [0.15, 0.2) is 0 Å². The van der Waals surface area contributed by atoms with E-state index in [0.717, 1.165) is 23.5 Å². The first-order valence-corrected chi connectivity index (χ1v) is 11.4. The Morgan fingerprint density at radius 2 is 1.91 bits per heavy atom. The number of carbonyl (C=O) groups excluding carboxylic acids is 1. The number of ether oxygens (including phenoxy) is 1. The molecule has 0 radical (unpaired) electrons. The van der Waals surface area contributed by atoms with Gasteiger partial charge in [-0.15, -0.1) is 0 Å². The molecule has 1 aliphatic heterocycles. The van der Waals surface area contributed by atoms with Gasteiger partial charge in [0.05, 0.1) is 24.0 Å². The lowest BCUT2D eigenvalue weighted by molar-refractivity contribution is -0.137. The maximum Gasteiger partial charge on any atom is 0.416 e. The summed E-state index contributed by atoms with van der Waals surface area (Å²) in [6.45, 7) is 1.45. The number of amides is 1. The molecular formula is C26H27F3N2O4. The Morgan fingerprint density at radius 1 is 1.11 bits per heavy atom. The van der Waals surface area contributed by atoms with Gasteiger partial charge in [-0.2, -0.15) is 13.2 Å². The fraction of sp³-hybridized carbons (Fsp3) is 0.346. The van der Waals surface area contributed by atoms with Crippen LogP contribution in [0, 0.1) is 0 Å². The largest absolute Gasteiger partial charge is 0.489 e. The second-order valence-corrected chi connectivity index (χ2v) is 8.58. The molecule has 35 heavy (non-hydrogen) atoms. The van der Waals surface area contributed by atoms with Crippen molar-refractivity contribution in [3.63, 3.8) is 0 Å². The zero-order chi connectivity index (χ0) is 24.8. The third-order valence-corrected chi connectivity index (χ3v) is 5.96. The first-order valence-electron chi connectivity index (χ1n) is 11.4. The number of benzene rings is 2. The number of carbonyl (C=O) groups is 1. The van der Waals surface area contributed by atoms with Crippen LogP contribution < -0.4 is 10.1 Å². The summed E-state index contributed by atoms with van der Waals surface area (Å²) in [5, 5.41) is 13.0. The Labute approximate surface area is 201 Å². The molecule has 4 rings (SSSR count). The van der Waals surface area contributed by atoms with Crippen LogP contribution in [0.2, 0.25) is 0 Å². The Kier molecular flexibility index (Phi) is 7.77. The zero-order valence-corrected chi connectivity index (χ0v) is 19.0. The Morgan fingerprint density at radius 3 is 2.63 bits per heavy atom. The van der Waals surface area contributed by atoms with Gasteiger partial charge in [0.2, 0.25) is 5.91 Å². The number of nitrogens with zero attached hydrogens (tertiary/aromatic N) is 1. The molecule has 1 fully saturated rings. The average Bonchev–Trinajstić information content (AvgIpc) is 3.49. The van der Waals surface area contributed by atoms with Crippen molar-refractivity contribution in [2.24, 2.45) is 0 Å². The minimum Gasteiger partial charge on any atom is -0.489 e. The number of β-amino-alcohol motifs (C(OH)–C–C–N with tert-alkyl or cyclic N) is 1. The van der Waals surface area contributed by atoms with Gasteiger partial charge in [0.25, 0.3) is 0 Å². The number of aliphatic hydroxyl groups excluding tert-OH is 1. The van der Waals surface area contributed by atoms with Gasteiger partial charge in [0.1, 0.15) is 18.1 Å². The van der Waals surface area contributed by atoms with E-state index in [4.69, 9.17) is 9.15 Å². The van der Waals surface area contributed by atoms with Gasteiger partial charge in [-0.1, -0.05) is 24.3 Å². The van der Waals surface area contributed by atoms with Gasteiger partial charge < -0.3 is 19.6 Å². The first-order chi connectivity index (χ1) is 16.8. The van der Waals surface area contributed by atoms with E-state index < -0.39 is 23.9 Å². The third kappa shape index (κ3) is 6.86. The predicted octanol–water partition coefficient (Wildman–Crippen LogP) is 4.17. The van der Waals surface area contributed by atoms with E-state index >= 15 is 0 Å². The van der Waals surface area contributed by atoms with E-state index in [9.17, 15) is 23.1 Å². The third-order valence-electron chi connectivity index (χ3n) is 5.96. The van der Waals surface area contributed by atoms with Crippen molar-refractivity contribution in [3.05, 3.63) is 89.4 Å². The highest BCUT2D eigenvalue weighted by Crippen LogP contribution is 2.29. The molecule has 2 unspecified atom stereocenters. The molecule has 6 nitrogen and oxygen atoms in total. The van der Waals surface area contributed by atoms with Crippen molar-refractivity contribution in [1.29, 1.82) is 0 Å². The Balaban J connectivity index is 1.28. The molecule has 0 spiro atoms. The molecule has 0 saturated carbocycles. The number of nitrogens with one attached hydrogen (secondary N) is 1. The lowest BCUT2D eigenvalue weighted by Gasteiger charge is -2.23. The molecule has 2 heterocycles. The molecule has 1 saturated heterocycles. The van der Waals surface area contributed by atoms with E-state index in [1.807, 2.05) is 23.1 Å². The van der Waals surface area contributed by atoms with Crippen molar-refractivity contribution < 1.29 is 32.2 Å². The lowest BCUT2D eigenvalue weighted by Crippen LogP contribution is -2.43. The quantitative estimate of drug-likeness (QED) is 0.473. The molecule has 2 N–H and O–H groups in total. The summed E-state index contributed by atoms with van der Waals surface area (Å²) in [6, 6.07) is 15.3. The van der Waals surface area contributed by atoms with Crippen LogP contribution in [-0.4, -0.2) is 41.1 Å². The average molecular weight is 489 g/mol. The number of hydrogen-bond acceptors (Lipinski definition) is 5. The van der Waals surface area contributed by atoms with Gasteiger partial charge in [0, 0.05) is 26.1 Å². The number of likely N-dealkylation sites (tertiary alicyclic amines) is 1. The highest BCUT2D eigenvalue weighted by atomic mass is 19.4. The highest BCUT2D eigenvalue weighted by Gasteiger charge is 2.35. The minimum absolute atomic E-state index is 0.124. The summed E-state index contributed by atoms with van der Waals surface area (Å²) in [6.07, 6.45) is -2.28. The topological polar surface area (TPSA) is 74.9 Å². The molecule has 1 amide bonds. The van der Waals surface area contributed by atoms with Crippen LogP contribution in [-0.2, 0) is 30.5 Å². The number of halogens is 3. The van der Waals surface area contributed by atoms with Crippen molar-refractivity contribution in [1.82, 2.24) is 10.2 Å². The normalized spacial score (nSPS) is 18.5. The maximum absolute atomic E-state index is 12.8. The van der Waals surface area contributed by atoms with Crippen molar-refractivity contribution >= 4 is 5.91 Å². The minimum atomic E-state index is -4.37. The van der Waals surface area contributed by atoms with Crippen LogP contribution in [0.5, 0.6) is 5.75 Å². The van der Waals surface area contributed by atoms with E-state index in [2.05, 4.69) is 5.32 Å². The maximum atomic E-state index is 12.8. The zero-order valence-electron chi connectivity index (χ0n) is 19.0. The second-order valence-electron chi connectivity index (χ2n) is 8.58. The fourth-order valence-corrected chi connectivity index (χ4v) is 4.12. The van der Waals surface area contributed by atoms with E-state index in [1.54, 1.807) is 24.5 Å². The van der Waals surface area contributed by atoms with Crippen LogP contribution in [0.3, 0.4) is 0 Å². The molecule has 2 atom stereocenters. The van der Waals surface area contributed by atoms with Crippen LogP contribution in [0.15, 0.2) is 71.3 Å². The summed E-state index contributed by atoms with van der Waals surface area (Å²) in [5.41, 5.74) is 0.739. The highest BCUT2D eigenvalue weighted by molar-refractivity contribution is 5.82. The van der Waals surface area contributed by atoms with E-state index in [-0.39, 0.29) is 19.1 Å². The summed E-state index contributed by atoms with van der Waals surface area (Å²) in [7, 11) is 0. The first kappa shape index (κ1) is 24.8.